The SMILES string of the molecule is Cc1ccccc1CN(CC(=O)N/N=C\c1ccccc1O)S(=O)(=O)c1ccc(Cl)cc1. The van der Waals surface area contributed by atoms with Gasteiger partial charge in [0, 0.05) is 17.1 Å². The molecule has 166 valence electrons. The fraction of sp³-hybridized carbons (Fsp3) is 0.130. The van der Waals surface area contributed by atoms with E-state index >= 15 is 0 Å². The van der Waals surface area contributed by atoms with Gasteiger partial charge in [-0.3, -0.25) is 4.79 Å². The number of phenolic OH excluding ortho intramolecular Hbond substituents is 1. The van der Waals surface area contributed by atoms with E-state index in [-0.39, 0.29) is 17.2 Å². The van der Waals surface area contributed by atoms with Crippen LogP contribution in [0.3, 0.4) is 0 Å². The molecule has 0 fully saturated rings. The van der Waals surface area contributed by atoms with Gasteiger partial charge in [0.05, 0.1) is 17.7 Å². The molecule has 7 nitrogen and oxygen atoms in total. The molecule has 0 radical (unpaired) electrons. The second-order valence-corrected chi connectivity index (χ2v) is 9.38. The first-order chi connectivity index (χ1) is 15.3. The Balaban J connectivity index is 1.82. The van der Waals surface area contributed by atoms with Gasteiger partial charge in [-0.2, -0.15) is 9.41 Å². The minimum absolute atomic E-state index is 0.00818. The first-order valence-electron chi connectivity index (χ1n) is 9.67. The Morgan fingerprint density at radius 1 is 1.06 bits per heavy atom. The van der Waals surface area contributed by atoms with Gasteiger partial charge in [0.15, 0.2) is 0 Å². The summed E-state index contributed by atoms with van der Waals surface area (Å²) in [6.07, 6.45) is 1.28. The molecule has 0 atom stereocenters. The molecule has 0 aromatic heterocycles. The summed E-state index contributed by atoms with van der Waals surface area (Å²) < 4.78 is 27.6. The van der Waals surface area contributed by atoms with Gasteiger partial charge < -0.3 is 5.11 Å². The average molecular weight is 472 g/mol. The number of nitrogens with zero attached hydrogens (tertiary/aromatic N) is 2. The van der Waals surface area contributed by atoms with Gasteiger partial charge in [-0.05, 0) is 54.4 Å². The van der Waals surface area contributed by atoms with E-state index in [2.05, 4.69) is 10.5 Å². The molecule has 9 heteroatoms. The number of hydrazone groups is 1. The number of carbonyl (C=O) groups is 1. The number of carbonyl (C=O) groups excluding carboxylic acids is 1. The van der Waals surface area contributed by atoms with Crippen LogP contribution in [0.15, 0.2) is 82.8 Å². The molecule has 0 aliphatic heterocycles. The first-order valence-corrected chi connectivity index (χ1v) is 11.5. The summed E-state index contributed by atoms with van der Waals surface area (Å²) in [5.74, 6) is -0.611. The van der Waals surface area contributed by atoms with Gasteiger partial charge in [0.25, 0.3) is 5.91 Å². The van der Waals surface area contributed by atoms with E-state index in [0.717, 1.165) is 15.4 Å². The number of nitrogens with one attached hydrogen (secondary N) is 1. The Labute approximate surface area is 192 Å². The summed E-state index contributed by atoms with van der Waals surface area (Å²) in [7, 11) is -3.99. The fourth-order valence-electron chi connectivity index (χ4n) is 2.93. The van der Waals surface area contributed by atoms with Crippen molar-refractivity contribution in [3.63, 3.8) is 0 Å². The lowest BCUT2D eigenvalue weighted by Gasteiger charge is -2.22. The third-order valence-electron chi connectivity index (χ3n) is 4.71. The Morgan fingerprint density at radius 2 is 1.72 bits per heavy atom. The molecule has 3 aromatic rings. The Bertz CT molecular complexity index is 1230. The minimum atomic E-state index is -3.99. The number of sulfonamides is 1. The van der Waals surface area contributed by atoms with E-state index in [1.165, 1.54) is 36.5 Å². The lowest BCUT2D eigenvalue weighted by molar-refractivity contribution is -0.121. The largest absolute Gasteiger partial charge is 0.507 e. The van der Waals surface area contributed by atoms with Crippen LogP contribution in [0.4, 0.5) is 0 Å². The van der Waals surface area contributed by atoms with E-state index in [9.17, 15) is 18.3 Å². The third kappa shape index (κ3) is 5.94. The van der Waals surface area contributed by atoms with Gasteiger partial charge >= 0.3 is 0 Å². The maximum Gasteiger partial charge on any atom is 0.255 e. The second kappa shape index (κ2) is 10.4. The monoisotopic (exact) mass is 471 g/mol. The lowest BCUT2D eigenvalue weighted by atomic mass is 10.1. The van der Waals surface area contributed by atoms with Gasteiger partial charge in [-0.15, -0.1) is 0 Å². The highest BCUT2D eigenvalue weighted by molar-refractivity contribution is 7.89. The quantitative estimate of drug-likeness (QED) is 0.386. The molecule has 3 aromatic carbocycles. The number of halogens is 1. The molecule has 0 unspecified atom stereocenters. The fourth-order valence-corrected chi connectivity index (χ4v) is 4.43. The minimum Gasteiger partial charge on any atom is -0.507 e. The summed E-state index contributed by atoms with van der Waals surface area (Å²) >= 11 is 5.89. The maximum atomic E-state index is 13.3. The number of aryl methyl sites for hydroxylation is 1. The van der Waals surface area contributed by atoms with Crippen LogP contribution < -0.4 is 5.43 Å². The van der Waals surface area contributed by atoms with Gasteiger partial charge in [0.2, 0.25) is 10.0 Å². The topological polar surface area (TPSA) is 99.1 Å². The first kappa shape index (κ1) is 23.5. The molecule has 1 amide bonds. The molecule has 0 heterocycles. The van der Waals surface area contributed by atoms with Crippen molar-refractivity contribution in [2.45, 2.75) is 18.4 Å². The molecule has 0 bridgehead atoms. The summed E-state index contributed by atoms with van der Waals surface area (Å²) in [6, 6.07) is 19.6. The van der Waals surface area contributed by atoms with Crippen molar-refractivity contribution < 1.29 is 18.3 Å². The lowest BCUT2D eigenvalue weighted by Crippen LogP contribution is -2.39. The van der Waals surface area contributed by atoms with Crippen LogP contribution >= 0.6 is 11.6 Å². The third-order valence-corrected chi connectivity index (χ3v) is 6.77. The smallest absolute Gasteiger partial charge is 0.255 e. The molecule has 0 aliphatic carbocycles. The van der Waals surface area contributed by atoms with Crippen molar-refractivity contribution in [2.24, 2.45) is 5.10 Å². The van der Waals surface area contributed by atoms with Crippen molar-refractivity contribution in [3.8, 4) is 5.75 Å². The summed E-state index contributed by atoms with van der Waals surface area (Å²) in [4.78, 5) is 12.5. The standard InChI is InChI=1S/C23H22ClN3O4S/c1-17-6-2-3-8-19(17)15-27(32(30,31)21-12-10-20(24)11-13-21)16-23(29)26-25-14-18-7-4-5-9-22(18)28/h2-14,28H,15-16H2,1H3,(H,26,29)/b25-14-. The summed E-state index contributed by atoms with van der Waals surface area (Å²) in [6.45, 7) is 1.44. The van der Waals surface area contributed by atoms with Crippen molar-refractivity contribution in [3.05, 3.63) is 94.5 Å². The number of phenols is 1. The predicted octanol–water partition coefficient (Wildman–Crippen LogP) is 3.70. The zero-order chi connectivity index (χ0) is 23.1. The molecular formula is C23H22ClN3O4S. The van der Waals surface area contributed by atoms with Gasteiger partial charge in [-0.25, -0.2) is 13.8 Å². The van der Waals surface area contributed by atoms with Crippen LogP contribution in [0, 0.1) is 6.92 Å². The van der Waals surface area contributed by atoms with Crippen LogP contribution in [0.2, 0.25) is 5.02 Å². The highest BCUT2D eigenvalue weighted by Crippen LogP contribution is 2.21. The van der Waals surface area contributed by atoms with Gasteiger partial charge in [-0.1, -0.05) is 48.0 Å². The van der Waals surface area contributed by atoms with Crippen LogP contribution in [0.25, 0.3) is 0 Å². The highest BCUT2D eigenvalue weighted by Gasteiger charge is 2.27. The zero-order valence-corrected chi connectivity index (χ0v) is 18.8. The van der Waals surface area contributed by atoms with Crippen molar-refractivity contribution in [1.29, 1.82) is 0 Å². The average Bonchev–Trinajstić information content (AvgIpc) is 2.76. The number of benzene rings is 3. The number of aromatic hydroxyl groups is 1. The van der Waals surface area contributed by atoms with Crippen LogP contribution in [0.5, 0.6) is 5.75 Å². The van der Waals surface area contributed by atoms with Crippen molar-refractivity contribution >= 4 is 33.7 Å². The second-order valence-electron chi connectivity index (χ2n) is 7.01. The number of rotatable bonds is 8. The normalized spacial score (nSPS) is 11.7. The number of para-hydroxylation sites is 1. The van der Waals surface area contributed by atoms with Crippen molar-refractivity contribution in [2.75, 3.05) is 6.54 Å². The molecule has 0 saturated carbocycles. The number of hydrogen-bond donors (Lipinski definition) is 2. The van der Waals surface area contributed by atoms with Crippen molar-refractivity contribution in [1.82, 2.24) is 9.73 Å². The van der Waals surface area contributed by atoms with Crippen LogP contribution in [-0.2, 0) is 21.4 Å². The van der Waals surface area contributed by atoms with Crippen LogP contribution in [-0.4, -0.2) is 36.5 Å². The van der Waals surface area contributed by atoms with Gasteiger partial charge in [0.1, 0.15) is 5.75 Å². The molecule has 0 saturated heterocycles. The molecule has 0 spiro atoms. The number of amides is 1. The molecule has 0 aliphatic rings. The molecular weight excluding hydrogens is 450 g/mol. The van der Waals surface area contributed by atoms with Crippen LogP contribution in [0.1, 0.15) is 16.7 Å². The van der Waals surface area contributed by atoms with E-state index in [1.54, 1.807) is 18.2 Å². The number of hydrogen-bond acceptors (Lipinski definition) is 5. The van der Waals surface area contributed by atoms with E-state index in [0.29, 0.717) is 10.6 Å². The molecule has 2 N–H and O–H groups in total. The molecule has 32 heavy (non-hydrogen) atoms. The van der Waals surface area contributed by atoms with E-state index in [4.69, 9.17) is 11.6 Å². The van der Waals surface area contributed by atoms with E-state index in [1.807, 2.05) is 31.2 Å². The summed E-state index contributed by atoms with van der Waals surface area (Å²) in [5.41, 5.74) is 4.41. The molecule has 3 rings (SSSR count). The Kier molecular flexibility index (Phi) is 7.63. The van der Waals surface area contributed by atoms with E-state index < -0.39 is 22.5 Å². The zero-order valence-electron chi connectivity index (χ0n) is 17.3. The Morgan fingerprint density at radius 3 is 2.41 bits per heavy atom. The maximum absolute atomic E-state index is 13.3. The predicted molar refractivity (Wildman–Crippen MR) is 124 cm³/mol. The highest BCUT2D eigenvalue weighted by atomic mass is 35.5. The Hall–Kier alpha value is -3.20. The summed E-state index contributed by atoms with van der Waals surface area (Å²) in [5, 5.41) is 14.0.